The first-order valence-corrected chi connectivity index (χ1v) is 7.69. The van der Waals surface area contributed by atoms with E-state index in [0.29, 0.717) is 6.07 Å². The molecule has 0 spiro atoms. The molecular formula is C11H13FN2O6S. The minimum atomic E-state index is -3.30. The molecule has 1 aromatic carbocycles. The lowest BCUT2D eigenvalue weighted by molar-refractivity contribution is -0.384. The lowest BCUT2D eigenvalue weighted by Gasteiger charge is -2.19. The van der Waals surface area contributed by atoms with Gasteiger partial charge in [-0.05, 0) is 6.07 Å². The van der Waals surface area contributed by atoms with Crippen LogP contribution >= 0.6 is 0 Å². The summed E-state index contributed by atoms with van der Waals surface area (Å²) in [5.74, 6) is -3.07. The summed E-state index contributed by atoms with van der Waals surface area (Å²) in [5.41, 5.74) is -1.52. The Labute approximate surface area is 119 Å². The normalized spacial score (nSPS) is 11.2. The van der Waals surface area contributed by atoms with Gasteiger partial charge in [-0.2, -0.15) is 0 Å². The Hall–Kier alpha value is -2.23. The van der Waals surface area contributed by atoms with Gasteiger partial charge in [0.05, 0.1) is 22.3 Å². The molecule has 1 N–H and O–H groups in total. The van der Waals surface area contributed by atoms with Crippen molar-refractivity contribution in [1.29, 1.82) is 0 Å². The number of carboxylic acid groups (broad SMARTS) is 1. The first-order chi connectivity index (χ1) is 9.53. The summed E-state index contributed by atoms with van der Waals surface area (Å²) in [5, 5.41) is 19.7. The van der Waals surface area contributed by atoms with Gasteiger partial charge in [-0.25, -0.2) is 17.6 Å². The largest absolute Gasteiger partial charge is 0.478 e. The molecule has 0 bridgehead atoms. The molecule has 0 aliphatic heterocycles. The fourth-order valence-corrected chi connectivity index (χ4v) is 2.20. The molecule has 0 aliphatic carbocycles. The summed E-state index contributed by atoms with van der Waals surface area (Å²) in [4.78, 5) is 22.1. The average Bonchev–Trinajstić information content (AvgIpc) is 2.34. The van der Waals surface area contributed by atoms with Crippen LogP contribution in [0.25, 0.3) is 0 Å². The SMILES string of the molecule is CN(CCS(C)(=O)=O)c1cc(C(=O)O)c(F)cc1[N+](=O)[O-]. The van der Waals surface area contributed by atoms with Gasteiger partial charge in [0.1, 0.15) is 21.3 Å². The lowest BCUT2D eigenvalue weighted by atomic mass is 10.1. The van der Waals surface area contributed by atoms with E-state index in [4.69, 9.17) is 5.11 Å². The number of carboxylic acids is 1. The molecule has 0 saturated carbocycles. The number of hydrogen-bond donors (Lipinski definition) is 1. The van der Waals surface area contributed by atoms with Crippen molar-refractivity contribution >= 4 is 27.2 Å². The number of halogens is 1. The van der Waals surface area contributed by atoms with E-state index in [9.17, 15) is 27.7 Å². The van der Waals surface area contributed by atoms with Crippen LogP contribution in [0.3, 0.4) is 0 Å². The first-order valence-electron chi connectivity index (χ1n) is 5.63. The van der Waals surface area contributed by atoms with Gasteiger partial charge in [-0.3, -0.25) is 10.1 Å². The molecule has 0 atom stereocenters. The van der Waals surface area contributed by atoms with Crippen LogP contribution in [-0.4, -0.2) is 50.0 Å². The van der Waals surface area contributed by atoms with Crippen molar-refractivity contribution in [2.45, 2.75) is 0 Å². The molecule has 116 valence electrons. The molecule has 1 rings (SSSR count). The number of carbonyl (C=O) groups is 1. The van der Waals surface area contributed by atoms with Gasteiger partial charge in [-0.1, -0.05) is 0 Å². The van der Waals surface area contributed by atoms with E-state index >= 15 is 0 Å². The molecule has 21 heavy (non-hydrogen) atoms. The van der Waals surface area contributed by atoms with Gasteiger partial charge in [0, 0.05) is 19.8 Å². The Bertz CT molecular complexity index is 688. The summed E-state index contributed by atoms with van der Waals surface area (Å²) >= 11 is 0. The van der Waals surface area contributed by atoms with Crippen molar-refractivity contribution in [3.8, 4) is 0 Å². The van der Waals surface area contributed by atoms with Gasteiger partial charge in [-0.15, -0.1) is 0 Å². The molecular weight excluding hydrogens is 307 g/mol. The van der Waals surface area contributed by atoms with Crippen molar-refractivity contribution < 1.29 is 27.6 Å². The second-order valence-corrected chi connectivity index (χ2v) is 6.69. The van der Waals surface area contributed by atoms with Crippen LogP contribution in [0.1, 0.15) is 10.4 Å². The average molecular weight is 320 g/mol. The predicted octanol–water partition coefficient (Wildman–Crippen LogP) is 0.913. The maximum atomic E-state index is 13.5. The summed E-state index contributed by atoms with van der Waals surface area (Å²) in [6.07, 6.45) is 1.00. The van der Waals surface area contributed by atoms with E-state index < -0.39 is 37.8 Å². The summed E-state index contributed by atoms with van der Waals surface area (Å²) in [6, 6.07) is 1.33. The zero-order chi connectivity index (χ0) is 16.4. The highest BCUT2D eigenvalue weighted by Gasteiger charge is 2.24. The summed E-state index contributed by atoms with van der Waals surface area (Å²) < 4.78 is 35.7. The van der Waals surface area contributed by atoms with Gasteiger partial charge in [0.15, 0.2) is 0 Å². The van der Waals surface area contributed by atoms with Crippen LogP contribution < -0.4 is 4.90 Å². The number of hydrogen-bond acceptors (Lipinski definition) is 6. The number of sulfone groups is 1. The Balaban J connectivity index is 3.28. The number of rotatable bonds is 6. The smallest absolute Gasteiger partial charge is 0.338 e. The van der Waals surface area contributed by atoms with Gasteiger partial charge in [0.25, 0.3) is 5.69 Å². The maximum Gasteiger partial charge on any atom is 0.338 e. The molecule has 8 nitrogen and oxygen atoms in total. The van der Waals surface area contributed by atoms with Crippen molar-refractivity contribution in [3.05, 3.63) is 33.6 Å². The molecule has 10 heteroatoms. The molecule has 0 aromatic heterocycles. The molecule has 0 unspecified atom stereocenters. The first kappa shape index (κ1) is 16.8. The summed E-state index contributed by atoms with van der Waals surface area (Å²) in [7, 11) is -1.94. The van der Waals surface area contributed by atoms with Gasteiger partial charge < -0.3 is 10.0 Å². The van der Waals surface area contributed by atoms with Crippen molar-refractivity contribution in [3.63, 3.8) is 0 Å². The second-order valence-electron chi connectivity index (χ2n) is 4.43. The number of anilines is 1. The van der Waals surface area contributed by atoms with E-state index in [2.05, 4.69) is 0 Å². The standard InChI is InChI=1S/C11H13FN2O6S/c1-13(3-4-21(2,19)20)9-5-7(11(15)16)8(12)6-10(9)14(17)18/h5-6H,3-4H2,1-2H3,(H,15,16). The third-order valence-electron chi connectivity index (χ3n) is 2.70. The van der Waals surface area contributed by atoms with Crippen LogP contribution in [0.5, 0.6) is 0 Å². The Kier molecular flexibility index (Phi) is 4.84. The number of benzene rings is 1. The van der Waals surface area contributed by atoms with Crippen molar-refractivity contribution in [2.24, 2.45) is 0 Å². The minimum absolute atomic E-state index is 0.0929. The molecule has 0 saturated heterocycles. The highest BCUT2D eigenvalue weighted by atomic mass is 32.2. The van der Waals surface area contributed by atoms with Crippen LogP contribution in [0.2, 0.25) is 0 Å². The van der Waals surface area contributed by atoms with Crippen molar-refractivity contribution in [1.82, 2.24) is 0 Å². The third kappa shape index (κ3) is 4.38. The topological polar surface area (TPSA) is 118 Å². The lowest BCUT2D eigenvalue weighted by Crippen LogP contribution is -2.26. The van der Waals surface area contributed by atoms with E-state index in [1.165, 1.54) is 11.9 Å². The van der Waals surface area contributed by atoms with Crippen LogP contribution in [0, 0.1) is 15.9 Å². The van der Waals surface area contributed by atoms with E-state index in [1.54, 1.807) is 0 Å². The molecule has 0 amide bonds. The van der Waals surface area contributed by atoms with Crippen molar-refractivity contribution in [2.75, 3.05) is 30.5 Å². The fraction of sp³-hybridized carbons (Fsp3) is 0.364. The number of nitro groups is 1. The quantitative estimate of drug-likeness (QED) is 0.611. The highest BCUT2D eigenvalue weighted by molar-refractivity contribution is 7.90. The highest BCUT2D eigenvalue weighted by Crippen LogP contribution is 2.30. The second kappa shape index (κ2) is 6.04. The predicted molar refractivity (Wildman–Crippen MR) is 73.0 cm³/mol. The molecule has 0 radical (unpaired) electrons. The monoisotopic (exact) mass is 320 g/mol. The zero-order valence-electron chi connectivity index (χ0n) is 11.2. The third-order valence-corrected chi connectivity index (χ3v) is 3.62. The van der Waals surface area contributed by atoms with Crippen LogP contribution in [0.4, 0.5) is 15.8 Å². The van der Waals surface area contributed by atoms with E-state index in [0.717, 1.165) is 12.3 Å². The van der Waals surface area contributed by atoms with E-state index in [-0.39, 0.29) is 18.0 Å². The maximum absolute atomic E-state index is 13.5. The van der Waals surface area contributed by atoms with Crippen LogP contribution in [0.15, 0.2) is 12.1 Å². The fourth-order valence-electron chi connectivity index (χ4n) is 1.59. The summed E-state index contributed by atoms with van der Waals surface area (Å²) in [6.45, 7) is -0.0929. The number of nitrogens with zero attached hydrogens (tertiary/aromatic N) is 2. The van der Waals surface area contributed by atoms with Gasteiger partial charge in [0.2, 0.25) is 0 Å². The molecule has 0 aliphatic rings. The molecule has 0 heterocycles. The van der Waals surface area contributed by atoms with Crippen LogP contribution in [-0.2, 0) is 9.84 Å². The van der Waals surface area contributed by atoms with E-state index in [1.807, 2.05) is 0 Å². The zero-order valence-corrected chi connectivity index (χ0v) is 12.1. The number of nitro benzene ring substituents is 1. The van der Waals surface area contributed by atoms with Gasteiger partial charge >= 0.3 is 5.97 Å². The Morgan fingerprint density at radius 2 is 2.05 bits per heavy atom. The Morgan fingerprint density at radius 3 is 2.48 bits per heavy atom. The number of aromatic carboxylic acids is 1. The minimum Gasteiger partial charge on any atom is -0.478 e. The molecule has 1 aromatic rings. The Morgan fingerprint density at radius 1 is 1.48 bits per heavy atom. The molecule has 0 fully saturated rings.